The maximum atomic E-state index is 12.3. The minimum absolute atomic E-state index is 0.0633. The highest BCUT2D eigenvalue weighted by Crippen LogP contribution is 2.34. The van der Waals surface area contributed by atoms with Crippen molar-refractivity contribution in [1.29, 1.82) is 0 Å². The van der Waals surface area contributed by atoms with E-state index >= 15 is 0 Å². The van der Waals surface area contributed by atoms with Gasteiger partial charge in [0.2, 0.25) is 5.75 Å². The number of methoxy groups -OCH3 is 1. The van der Waals surface area contributed by atoms with Gasteiger partial charge in [-0.1, -0.05) is 0 Å². The van der Waals surface area contributed by atoms with Crippen LogP contribution in [0, 0.1) is 0 Å². The van der Waals surface area contributed by atoms with Gasteiger partial charge in [-0.25, -0.2) is 0 Å². The van der Waals surface area contributed by atoms with Crippen LogP contribution in [0.4, 0.5) is 0 Å². The molecule has 0 aliphatic rings. The summed E-state index contributed by atoms with van der Waals surface area (Å²) in [5.41, 5.74) is 0.353. The molecule has 1 aromatic heterocycles. The van der Waals surface area contributed by atoms with Gasteiger partial charge in [-0.15, -0.1) is 0 Å². The SMILES string of the molecule is COc1ccc2c(OC(C)C)c(OC(C)C)c(=O)[nH]c2c1. The molecule has 0 amide bonds. The molecule has 0 unspecified atom stereocenters. The molecule has 1 aromatic carbocycles. The summed E-state index contributed by atoms with van der Waals surface area (Å²) in [6, 6.07) is 5.45. The van der Waals surface area contributed by atoms with Crippen LogP contribution < -0.4 is 19.8 Å². The van der Waals surface area contributed by atoms with Crippen molar-refractivity contribution in [3.63, 3.8) is 0 Å². The van der Waals surface area contributed by atoms with E-state index in [1.807, 2.05) is 39.8 Å². The summed E-state index contributed by atoms with van der Waals surface area (Å²) in [5.74, 6) is 1.36. The summed E-state index contributed by atoms with van der Waals surface area (Å²) in [6.45, 7) is 7.57. The summed E-state index contributed by atoms with van der Waals surface area (Å²) < 4.78 is 16.7. The fourth-order valence-corrected chi connectivity index (χ4v) is 2.05. The van der Waals surface area contributed by atoms with Crippen LogP contribution in [0.2, 0.25) is 0 Å². The summed E-state index contributed by atoms with van der Waals surface area (Å²) in [5, 5.41) is 0.791. The highest BCUT2D eigenvalue weighted by atomic mass is 16.5. The van der Waals surface area contributed by atoms with Gasteiger partial charge in [0.1, 0.15) is 5.75 Å². The average molecular weight is 291 g/mol. The topological polar surface area (TPSA) is 60.6 Å². The Labute approximate surface area is 123 Å². The van der Waals surface area contributed by atoms with Crippen molar-refractivity contribution >= 4 is 10.9 Å². The quantitative estimate of drug-likeness (QED) is 0.919. The Bertz CT molecular complexity index is 688. The van der Waals surface area contributed by atoms with Crippen molar-refractivity contribution in [3.8, 4) is 17.2 Å². The molecular weight excluding hydrogens is 270 g/mol. The number of ether oxygens (including phenoxy) is 3. The maximum Gasteiger partial charge on any atom is 0.294 e. The summed E-state index contributed by atoms with van der Waals surface area (Å²) in [6.07, 6.45) is -0.178. The molecule has 0 aliphatic heterocycles. The monoisotopic (exact) mass is 291 g/mol. The average Bonchev–Trinajstić information content (AvgIpc) is 2.41. The van der Waals surface area contributed by atoms with Crippen molar-refractivity contribution in [3.05, 3.63) is 28.6 Å². The molecule has 5 nitrogen and oxygen atoms in total. The molecule has 1 heterocycles. The smallest absolute Gasteiger partial charge is 0.294 e. The van der Waals surface area contributed by atoms with Gasteiger partial charge < -0.3 is 19.2 Å². The largest absolute Gasteiger partial charge is 0.497 e. The lowest BCUT2D eigenvalue weighted by atomic mass is 10.2. The second-order valence-electron chi connectivity index (χ2n) is 5.36. The van der Waals surface area contributed by atoms with Gasteiger partial charge in [0, 0.05) is 11.5 Å². The minimum Gasteiger partial charge on any atom is -0.497 e. The predicted molar refractivity (Wildman–Crippen MR) is 82.6 cm³/mol. The Morgan fingerprint density at radius 2 is 1.62 bits per heavy atom. The number of H-pyrrole nitrogens is 1. The molecule has 114 valence electrons. The fraction of sp³-hybridized carbons (Fsp3) is 0.438. The Hall–Kier alpha value is -2.17. The summed E-state index contributed by atoms with van der Waals surface area (Å²) >= 11 is 0. The van der Waals surface area contributed by atoms with Crippen LogP contribution in [-0.2, 0) is 0 Å². The number of aromatic nitrogens is 1. The van der Waals surface area contributed by atoms with E-state index < -0.39 is 0 Å². The lowest BCUT2D eigenvalue weighted by molar-refractivity contribution is 0.198. The molecule has 0 atom stereocenters. The van der Waals surface area contributed by atoms with E-state index in [0.717, 1.165) is 5.39 Å². The third-order valence-corrected chi connectivity index (χ3v) is 2.84. The first-order chi connectivity index (χ1) is 9.92. The Morgan fingerprint density at radius 3 is 2.19 bits per heavy atom. The molecule has 2 rings (SSSR count). The molecule has 21 heavy (non-hydrogen) atoms. The van der Waals surface area contributed by atoms with E-state index in [0.29, 0.717) is 17.0 Å². The third-order valence-electron chi connectivity index (χ3n) is 2.84. The number of hydrogen-bond acceptors (Lipinski definition) is 4. The van der Waals surface area contributed by atoms with E-state index in [2.05, 4.69) is 4.98 Å². The van der Waals surface area contributed by atoms with Crippen molar-refractivity contribution in [2.75, 3.05) is 7.11 Å². The van der Waals surface area contributed by atoms with Gasteiger partial charge in [-0.05, 0) is 39.8 Å². The Balaban J connectivity index is 2.71. The van der Waals surface area contributed by atoms with E-state index in [-0.39, 0.29) is 23.5 Å². The molecule has 0 spiro atoms. The molecule has 0 radical (unpaired) electrons. The number of pyridine rings is 1. The van der Waals surface area contributed by atoms with Gasteiger partial charge in [-0.2, -0.15) is 0 Å². The van der Waals surface area contributed by atoms with Gasteiger partial charge in [-0.3, -0.25) is 4.79 Å². The molecule has 0 aliphatic carbocycles. The lowest BCUT2D eigenvalue weighted by Crippen LogP contribution is -2.19. The predicted octanol–water partition coefficient (Wildman–Crippen LogP) is 3.11. The third kappa shape index (κ3) is 3.29. The van der Waals surface area contributed by atoms with E-state index in [4.69, 9.17) is 14.2 Å². The van der Waals surface area contributed by atoms with Crippen molar-refractivity contribution in [2.24, 2.45) is 0 Å². The van der Waals surface area contributed by atoms with E-state index in [1.165, 1.54) is 0 Å². The zero-order valence-corrected chi connectivity index (χ0v) is 13.0. The van der Waals surface area contributed by atoms with Crippen molar-refractivity contribution in [2.45, 2.75) is 39.9 Å². The Kier molecular flexibility index (Phi) is 4.40. The molecular formula is C16H21NO4. The molecule has 5 heteroatoms. The first kappa shape index (κ1) is 15.2. The van der Waals surface area contributed by atoms with Crippen LogP contribution in [0.25, 0.3) is 10.9 Å². The Morgan fingerprint density at radius 1 is 1.00 bits per heavy atom. The standard InChI is InChI=1S/C16H21NO4/c1-9(2)20-14-12-7-6-11(19-5)8-13(12)17-16(18)15(14)21-10(3)4/h6-10H,1-5H3,(H,17,18). The van der Waals surface area contributed by atoms with Gasteiger partial charge in [0.15, 0.2) is 5.75 Å². The van der Waals surface area contributed by atoms with Crippen molar-refractivity contribution < 1.29 is 14.2 Å². The number of nitrogens with one attached hydrogen (secondary N) is 1. The number of aromatic amines is 1. The number of hydrogen-bond donors (Lipinski definition) is 1. The summed E-state index contributed by atoms with van der Waals surface area (Å²) in [4.78, 5) is 15.1. The highest BCUT2D eigenvalue weighted by molar-refractivity contribution is 5.88. The highest BCUT2D eigenvalue weighted by Gasteiger charge is 2.18. The van der Waals surface area contributed by atoms with Crippen LogP contribution in [-0.4, -0.2) is 24.3 Å². The second kappa shape index (κ2) is 6.08. The zero-order valence-electron chi connectivity index (χ0n) is 13.0. The van der Waals surface area contributed by atoms with Crippen LogP contribution in [0.3, 0.4) is 0 Å². The second-order valence-corrected chi connectivity index (χ2v) is 5.36. The van der Waals surface area contributed by atoms with Crippen LogP contribution in [0.15, 0.2) is 23.0 Å². The van der Waals surface area contributed by atoms with Gasteiger partial charge >= 0.3 is 0 Å². The normalized spacial score (nSPS) is 11.2. The maximum absolute atomic E-state index is 12.3. The van der Waals surface area contributed by atoms with Crippen molar-refractivity contribution in [1.82, 2.24) is 4.98 Å². The molecule has 2 aromatic rings. The number of fused-ring (bicyclic) bond motifs is 1. The molecule has 0 saturated heterocycles. The minimum atomic E-state index is -0.305. The molecule has 1 N–H and O–H groups in total. The first-order valence-electron chi connectivity index (χ1n) is 6.99. The molecule has 0 fully saturated rings. The van der Waals surface area contributed by atoms with Crippen LogP contribution in [0.1, 0.15) is 27.7 Å². The first-order valence-corrected chi connectivity index (χ1v) is 6.99. The number of benzene rings is 1. The molecule has 0 saturated carbocycles. The zero-order chi connectivity index (χ0) is 15.6. The number of rotatable bonds is 5. The van der Waals surface area contributed by atoms with Crippen LogP contribution >= 0.6 is 0 Å². The van der Waals surface area contributed by atoms with Gasteiger partial charge in [0.25, 0.3) is 5.56 Å². The van der Waals surface area contributed by atoms with Gasteiger partial charge in [0.05, 0.1) is 24.8 Å². The lowest BCUT2D eigenvalue weighted by Gasteiger charge is -2.18. The summed E-state index contributed by atoms with van der Waals surface area (Å²) in [7, 11) is 1.58. The molecule has 0 bridgehead atoms. The van der Waals surface area contributed by atoms with E-state index in [1.54, 1.807) is 13.2 Å². The fourth-order valence-electron chi connectivity index (χ4n) is 2.05. The van der Waals surface area contributed by atoms with Crippen LogP contribution in [0.5, 0.6) is 17.2 Å². The van der Waals surface area contributed by atoms with E-state index in [9.17, 15) is 4.79 Å².